The maximum Gasteiger partial charge on any atom is 0.244 e. The summed E-state index contributed by atoms with van der Waals surface area (Å²) in [7, 11) is 0.0108. The van der Waals surface area contributed by atoms with Crippen molar-refractivity contribution in [2.24, 2.45) is 0 Å². The molecule has 0 amide bonds. The molecule has 1 fully saturated rings. The Morgan fingerprint density at radius 2 is 1.83 bits per heavy atom. The number of hydrogen-bond donors (Lipinski definition) is 0. The van der Waals surface area contributed by atoms with Gasteiger partial charge >= 0.3 is 0 Å². The number of benzene rings is 1. The number of rotatable bonds is 6. The molecule has 136 valence electrons. The molecule has 1 atom stereocenters. The van der Waals surface area contributed by atoms with Crippen LogP contribution in [0.2, 0.25) is 0 Å². The molecule has 0 aliphatic carbocycles. The van der Waals surface area contributed by atoms with Gasteiger partial charge in [-0.1, -0.05) is 0 Å². The highest BCUT2D eigenvalue weighted by molar-refractivity contribution is 7.89. The quantitative estimate of drug-likeness (QED) is 0.776. The van der Waals surface area contributed by atoms with Gasteiger partial charge < -0.3 is 14.4 Å². The third kappa shape index (κ3) is 3.91. The molecule has 1 aliphatic heterocycles. The summed E-state index contributed by atoms with van der Waals surface area (Å²) in [6.07, 6.45) is 0. The monoisotopic (exact) mass is 356 g/mol. The molecule has 2 rings (SSSR count). The molecule has 1 saturated heterocycles. The zero-order valence-corrected chi connectivity index (χ0v) is 16.0. The van der Waals surface area contributed by atoms with Crippen molar-refractivity contribution >= 4 is 10.0 Å². The minimum atomic E-state index is -3.58. The first kappa shape index (κ1) is 19.2. The molecule has 7 heteroatoms. The summed E-state index contributed by atoms with van der Waals surface area (Å²) in [5.41, 5.74) is 1.42. The van der Waals surface area contributed by atoms with Gasteiger partial charge in [0.2, 0.25) is 10.0 Å². The Balaban J connectivity index is 2.41. The number of nitrogens with zero attached hydrogens (tertiary/aromatic N) is 2. The van der Waals surface area contributed by atoms with Crippen molar-refractivity contribution in [1.29, 1.82) is 0 Å². The van der Waals surface area contributed by atoms with Crippen molar-refractivity contribution in [3.05, 3.63) is 23.3 Å². The van der Waals surface area contributed by atoms with Crippen LogP contribution in [0.4, 0.5) is 0 Å². The lowest BCUT2D eigenvalue weighted by Gasteiger charge is -2.39. The molecule has 0 aromatic heterocycles. The van der Waals surface area contributed by atoms with Crippen molar-refractivity contribution in [3.63, 3.8) is 0 Å². The van der Waals surface area contributed by atoms with Gasteiger partial charge in [-0.05, 0) is 51.1 Å². The van der Waals surface area contributed by atoms with Crippen LogP contribution in [0.5, 0.6) is 5.75 Å². The summed E-state index contributed by atoms with van der Waals surface area (Å²) in [5, 5.41) is 0. The first-order valence-corrected chi connectivity index (χ1v) is 9.68. The standard InChI is InChI=1S/C17H28N2O4S/c1-6-23-12-15-11-18(4)7-8-19(15)24(20,21)17-13(2)9-16(22-5)10-14(17)3/h9-10,15H,6-8,11-12H2,1-5H3. The number of sulfonamides is 1. The van der Waals surface area contributed by atoms with Crippen LogP contribution in [-0.2, 0) is 14.8 Å². The molecule has 6 nitrogen and oxygen atoms in total. The Morgan fingerprint density at radius 3 is 2.38 bits per heavy atom. The molecule has 1 aliphatic rings. The van der Waals surface area contributed by atoms with Crippen molar-refractivity contribution in [3.8, 4) is 5.75 Å². The van der Waals surface area contributed by atoms with Crippen molar-refractivity contribution < 1.29 is 17.9 Å². The highest BCUT2D eigenvalue weighted by Crippen LogP contribution is 2.30. The lowest BCUT2D eigenvalue weighted by atomic mass is 10.1. The van der Waals surface area contributed by atoms with E-state index in [9.17, 15) is 8.42 Å². The third-order valence-electron chi connectivity index (χ3n) is 4.38. The molecule has 1 aromatic rings. The van der Waals surface area contributed by atoms with E-state index in [1.54, 1.807) is 23.5 Å². The van der Waals surface area contributed by atoms with Crippen LogP contribution in [-0.4, -0.2) is 70.7 Å². The fourth-order valence-corrected chi connectivity index (χ4v) is 5.26. The number of piperazine rings is 1. The zero-order valence-electron chi connectivity index (χ0n) is 15.2. The maximum absolute atomic E-state index is 13.3. The van der Waals surface area contributed by atoms with Gasteiger partial charge in [0.05, 0.1) is 24.7 Å². The SMILES string of the molecule is CCOCC1CN(C)CCN1S(=O)(=O)c1c(C)cc(OC)cc1C. The van der Waals surface area contributed by atoms with Gasteiger partial charge in [0.1, 0.15) is 5.75 Å². The molecule has 0 saturated carbocycles. The molecule has 0 N–H and O–H groups in total. The lowest BCUT2D eigenvalue weighted by molar-refractivity contribution is 0.0595. The first-order valence-electron chi connectivity index (χ1n) is 8.24. The summed E-state index contributed by atoms with van der Waals surface area (Å²) in [5.74, 6) is 0.674. The zero-order chi connectivity index (χ0) is 17.9. The summed E-state index contributed by atoms with van der Waals surface area (Å²) in [6, 6.07) is 3.37. The molecular formula is C17H28N2O4S. The second-order valence-electron chi connectivity index (χ2n) is 6.28. The smallest absolute Gasteiger partial charge is 0.244 e. The van der Waals surface area contributed by atoms with Crippen LogP contribution in [0.15, 0.2) is 17.0 Å². The van der Waals surface area contributed by atoms with Crippen LogP contribution < -0.4 is 4.74 Å². The van der Waals surface area contributed by atoms with Gasteiger partial charge in [-0.2, -0.15) is 4.31 Å². The second kappa shape index (κ2) is 7.82. The predicted molar refractivity (Wildman–Crippen MR) is 94.1 cm³/mol. The third-order valence-corrected chi connectivity index (χ3v) is 6.64. The average molecular weight is 356 g/mol. The van der Waals surface area contributed by atoms with E-state index in [1.165, 1.54) is 0 Å². The number of likely N-dealkylation sites (N-methyl/N-ethyl adjacent to an activating group) is 1. The summed E-state index contributed by atoms with van der Waals surface area (Å²) in [4.78, 5) is 2.53. The van der Waals surface area contributed by atoms with E-state index in [1.807, 2.05) is 27.8 Å². The topological polar surface area (TPSA) is 59.1 Å². The Kier molecular flexibility index (Phi) is 6.25. The highest BCUT2D eigenvalue weighted by atomic mass is 32.2. The maximum atomic E-state index is 13.3. The van der Waals surface area contributed by atoms with Gasteiger partial charge in [0.15, 0.2) is 0 Å². The Hall–Kier alpha value is -1.15. The Morgan fingerprint density at radius 1 is 1.21 bits per heavy atom. The van der Waals surface area contributed by atoms with Crippen LogP contribution in [0.3, 0.4) is 0 Å². The molecular weight excluding hydrogens is 328 g/mol. The van der Waals surface area contributed by atoms with E-state index in [-0.39, 0.29) is 6.04 Å². The minimum absolute atomic E-state index is 0.172. The average Bonchev–Trinajstić information content (AvgIpc) is 2.51. The van der Waals surface area contributed by atoms with Gasteiger partial charge in [0, 0.05) is 26.2 Å². The molecule has 24 heavy (non-hydrogen) atoms. The second-order valence-corrected chi connectivity index (χ2v) is 8.11. The van der Waals surface area contributed by atoms with Gasteiger partial charge in [-0.15, -0.1) is 0 Å². The van der Waals surface area contributed by atoms with Crippen molar-refractivity contribution in [2.45, 2.75) is 31.7 Å². The molecule has 1 heterocycles. The van der Waals surface area contributed by atoms with Crippen LogP contribution in [0.25, 0.3) is 0 Å². The number of methoxy groups -OCH3 is 1. The summed E-state index contributed by atoms with van der Waals surface area (Å²) < 4.78 is 39.0. The minimum Gasteiger partial charge on any atom is -0.497 e. The fraction of sp³-hybridized carbons (Fsp3) is 0.647. The van der Waals surface area contributed by atoms with Gasteiger partial charge in [0.25, 0.3) is 0 Å². The number of aryl methyl sites for hydroxylation is 2. The Bertz CT molecular complexity index is 652. The summed E-state index contributed by atoms with van der Waals surface area (Å²) >= 11 is 0. The number of hydrogen-bond acceptors (Lipinski definition) is 5. The van der Waals surface area contributed by atoms with E-state index in [2.05, 4.69) is 4.90 Å². The highest BCUT2D eigenvalue weighted by Gasteiger charge is 2.36. The summed E-state index contributed by atoms with van der Waals surface area (Å²) in [6.45, 7) is 8.41. The number of ether oxygens (including phenoxy) is 2. The van der Waals surface area contributed by atoms with E-state index >= 15 is 0 Å². The normalized spacial score (nSPS) is 20.3. The van der Waals surface area contributed by atoms with E-state index < -0.39 is 10.0 Å². The Labute approximate surface area is 145 Å². The molecule has 1 aromatic carbocycles. The predicted octanol–water partition coefficient (Wildman–Crippen LogP) is 1.65. The van der Waals surface area contributed by atoms with Crippen LogP contribution >= 0.6 is 0 Å². The van der Waals surface area contributed by atoms with E-state index in [0.29, 0.717) is 48.1 Å². The molecule has 0 radical (unpaired) electrons. The van der Waals surface area contributed by atoms with Crippen molar-refractivity contribution in [2.75, 3.05) is 47.0 Å². The first-order chi connectivity index (χ1) is 11.3. The lowest BCUT2D eigenvalue weighted by Crippen LogP contribution is -2.55. The van der Waals surface area contributed by atoms with E-state index in [4.69, 9.17) is 9.47 Å². The molecule has 0 bridgehead atoms. The molecule has 0 spiro atoms. The largest absolute Gasteiger partial charge is 0.497 e. The van der Waals surface area contributed by atoms with Crippen LogP contribution in [0.1, 0.15) is 18.1 Å². The van der Waals surface area contributed by atoms with Crippen molar-refractivity contribution in [1.82, 2.24) is 9.21 Å². The van der Waals surface area contributed by atoms with Crippen LogP contribution in [0, 0.1) is 13.8 Å². The molecule has 1 unspecified atom stereocenters. The van der Waals surface area contributed by atoms with Gasteiger partial charge in [-0.25, -0.2) is 8.42 Å². The van der Waals surface area contributed by atoms with E-state index in [0.717, 1.165) is 6.54 Å². The van der Waals surface area contributed by atoms with Gasteiger partial charge in [-0.3, -0.25) is 0 Å². The fourth-order valence-electron chi connectivity index (χ4n) is 3.25.